The molecule has 2 N–H and O–H groups in total. The molecule has 0 radical (unpaired) electrons. The van der Waals surface area contributed by atoms with Crippen LogP contribution in [0.2, 0.25) is 0 Å². The van der Waals surface area contributed by atoms with E-state index in [1.165, 1.54) is 19.3 Å². The summed E-state index contributed by atoms with van der Waals surface area (Å²) >= 11 is 0. The molecule has 0 saturated heterocycles. The first-order valence-electron chi connectivity index (χ1n) is 7.48. The Morgan fingerprint density at radius 3 is 2.67 bits per heavy atom. The van der Waals surface area contributed by atoms with Gasteiger partial charge in [0.2, 0.25) is 0 Å². The molecule has 2 aliphatic carbocycles. The van der Waals surface area contributed by atoms with Gasteiger partial charge in [-0.3, -0.25) is 0 Å². The second-order valence-electron chi connectivity index (χ2n) is 7.21. The van der Waals surface area contributed by atoms with Gasteiger partial charge in [0.05, 0.1) is 18.8 Å². The lowest BCUT2D eigenvalue weighted by Gasteiger charge is -2.39. The highest BCUT2D eigenvalue weighted by molar-refractivity contribution is 4.84. The molecule has 2 fully saturated rings. The molecule has 2 aliphatic rings. The molecule has 2 rings (SSSR count). The Morgan fingerprint density at radius 2 is 2.06 bits per heavy atom. The van der Waals surface area contributed by atoms with Crippen LogP contribution in [0.25, 0.3) is 0 Å². The summed E-state index contributed by atoms with van der Waals surface area (Å²) in [5, 5.41) is 13.2. The third-order valence-corrected chi connectivity index (χ3v) is 4.09. The van der Waals surface area contributed by atoms with Crippen molar-refractivity contribution in [3.8, 4) is 0 Å². The molecule has 0 aromatic rings. The van der Waals surface area contributed by atoms with Crippen molar-refractivity contribution in [1.82, 2.24) is 5.32 Å². The first kappa shape index (κ1) is 14.3. The van der Waals surface area contributed by atoms with Crippen molar-refractivity contribution >= 4 is 0 Å². The number of hydrogen-bond acceptors (Lipinski definition) is 3. The molecule has 2 saturated carbocycles. The van der Waals surface area contributed by atoms with Crippen LogP contribution < -0.4 is 5.32 Å². The molecule has 0 bridgehead atoms. The fraction of sp³-hybridized carbons (Fsp3) is 1.00. The van der Waals surface area contributed by atoms with Crippen LogP contribution in [0.3, 0.4) is 0 Å². The largest absolute Gasteiger partial charge is 0.389 e. The maximum atomic E-state index is 9.86. The molecule has 0 aliphatic heterocycles. The summed E-state index contributed by atoms with van der Waals surface area (Å²) < 4.78 is 5.91. The van der Waals surface area contributed by atoms with E-state index in [4.69, 9.17) is 4.74 Å². The van der Waals surface area contributed by atoms with Gasteiger partial charge in [0.1, 0.15) is 0 Å². The highest BCUT2D eigenvalue weighted by atomic mass is 16.5. The molecule has 3 heteroatoms. The van der Waals surface area contributed by atoms with Crippen molar-refractivity contribution in [2.24, 2.45) is 11.3 Å². The molecular formula is C15H29NO2. The molecule has 0 aromatic carbocycles. The lowest BCUT2D eigenvalue weighted by atomic mass is 9.71. The van der Waals surface area contributed by atoms with Crippen LogP contribution in [-0.4, -0.2) is 36.5 Å². The summed E-state index contributed by atoms with van der Waals surface area (Å²) in [5.74, 6) is 0.737. The smallest absolute Gasteiger partial charge is 0.0897 e. The maximum Gasteiger partial charge on any atom is 0.0897 e. The van der Waals surface area contributed by atoms with Gasteiger partial charge in [-0.2, -0.15) is 0 Å². The number of hydrogen-bond donors (Lipinski definition) is 2. The molecule has 3 unspecified atom stereocenters. The predicted molar refractivity (Wildman–Crippen MR) is 73.6 cm³/mol. The molecule has 18 heavy (non-hydrogen) atoms. The number of rotatable bonds is 6. The average Bonchev–Trinajstić information content (AvgIpc) is 3.04. The van der Waals surface area contributed by atoms with E-state index in [2.05, 4.69) is 26.1 Å². The fourth-order valence-electron chi connectivity index (χ4n) is 3.28. The highest BCUT2D eigenvalue weighted by Gasteiger charge is 2.32. The molecule has 3 atom stereocenters. The Morgan fingerprint density at radius 1 is 1.33 bits per heavy atom. The summed E-state index contributed by atoms with van der Waals surface area (Å²) in [6.45, 7) is 8.11. The van der Waals surface area contributed by atoms with E-state index < -0.39 is 0 Å². The average molecular weight is 255 g/mol. The van der Waals surface area contributed by atoms with Crippen LogP contribution in [0.15, 0.2) is 0 Å². The van der Waals surface area contributed by atoms with E-state index in [1.807, 2.05) is 0 Å². The monoisotopic (exact) mass is 255 g/mol. The van der Waals surface area contributed by atoms with E-state index in [0.717, 1.165) is 18.8 Å². The highest BCUT2D eigenvalue weighted by Crippen LogP contribution is 2.39. The Hall–Kier alpha value is -0.120. The van der Waals surface area contributed by atoms with Gasteiger partial charge in [0.25, 0.3) is 0 Å². The van der Waals surface area contributed by atoms with Crippen molar-refractivity contribution in [2.45, 2.75) is 71.1 Å². The van der Waals surface area contributed by atoms with Crippen molar-refractivity contribution in [3.63, 3.8) is 0 Å². The summed E-state index contributed by atoms with van der Waals surface area (Å²) in [6, 6.07) is 0.660. The first-order chi connectivity index (χ1) is 8.44. The molecule has 106 valence electrons. The fourth-order valence-corrected chi connectivity index (χ4v) is 3.28. The summed E-state index contributed by atoms with van der Waals surface area (Å²) in [6.07, 6.45) is 6.07. The van der Waals surface area contributed by atoms with Crippen LogP contribution in [0.4, 0.5) is 0 Å². The second kappa shape index (κ2) is 5.89. The van der Waals surface area contributed by atoms with Gasteiger partial charge in [0.15, 0.2) is 0 Å². The first-order valence-corrected chi connectivity index (χ1v) is 7.48. The molecule has 0 heterocycles. The SMILES string of the molecule is CC1CC(OCC(O)CNC2CC2)CC(C)(C)C1. The molecule has 0 spiro atoms. The van der Waals surface area contributed by atoms with E-state index in [0.29, 0.717) is 30.7 Å². The molecule has 3 nitrogen and oxygen atoms in total. The Labute approximate surface area is 111 Å². The lowest BCUT2D eigenvalue weighted by molar-refractivity contribution is -0.0550. The number of nitrogens with one attached hydrogen (secondary N) is 1. The number of aliphatic hydroxyl groups is 1. The van der Waals surface area contributed by atoms with E-state index in [1.54, 1.807) is 0 Å². The van der Waals surface area contributed by atoms with Crippen LogP contribution in [0.1, 0.15) is 52.9 Å². The molecular weight excluding hydrogens is 226 g/mol. The van der Waals surface area contributed by atoms with Crippen molar-refractivity contribution in [2.75, 3.05) is 13.2 Å². The Kier molecular flexibility index (Phi) is 4.68. The second-order valence-corrected chi connectivity index (χ2v) is 7.21. The summed E-state index contributed by atoms with van der Waals surface area (Å²) in [5.41, 5.74) is 0.388. The topological polar surface area (TPSA) is 41.5 Å². The summed E-state index contributed by atoms with van der Waals surface area (Å²) in [7, 11) is 0. The van der Waals surface area contributed by atoms with E-state index in [9.17, 15) is 5.11 Å². The zero-order valence-corrected chi connectivity index (χ0v) is 12.1. The van der Waals surface area contributed by atoms with Crippen molar-refractivity contribution in [1.29, 1.82) is 0 Å². The van der Waals surface area contributed by atoms with Gasteiger partial charge in [-0.05, 0) is 43.4 Å². The van der Waals surface area contributed by atoms with Crippen molar-refractivity contribution < 1.29 is 9.84 Å². The molecule has 0 aromatic heterocycles. The summed E-state index contributed by atoms with van der Waals surface area (Å²) in [4.78, 5) is 0. The van der Waals surface area contributed by atoms with E-state index >= 15 is 0 Å². The molecule has 0 amide bonds. The van der Waals surface area contributed by atoms with E-state index in [-0.39, 0.29) is 6.10 Å². The minimum absolute atomic E-state index is 0.333. The van der Waals surface area contributed by atoms with Crippen LogP contribution in [0.5, 0.6) is 0 Å². The van der Waals surface area contributed by atoms with Crippen LogP contribution >= 0.6 is 0 Å². The third-order valence-electron chi connectivity index (χ3n) is 4.09. The Bertz CT molecular complexity index is 263. The number of aliphatic hydroxyl groups excluding tert-OH is 1. The van der Waals surface area contributed by atoms with Crippen molar-refractivity contribution in [3.05, 3.63) is 0 Å². The third kappa shape index (κ3) is 4.87. The van der Waals surface area contributed by atoms with Gasteiger partial charge in [0, 0.05) is 12.6 Å². The van der Waals surface area contributed by atoms with Gasteiger partial charge >= 0.3 is 0 Å². The standard InChI is InChI=1S/C15H29NO2/c1-11-6-14(8-15(2,3)7-11)18-10-13(17)9-16-12-4-5-12/h11-14,16-17H,4-10H2,1-3H3. The maximum absolute atomic E-state index is 9.86. The quantitative estimate of drug-likeness (QED) is 0.765. The van der Waals surface area contributed by atoms with Gasteiger partial charge in [-0.15, -0.1) is 0 Å². The zero-order valence-electron chi connectivity index (χ0n) is 12.1. The normalized spacial score (nSPS) is 33.3. The lowest BCUT2D eigenvalue weighted by Crippen LogP contribution is -2.37. The van der Waals surface area contributed by atoms with Gasteiger partial charge in [-0.25, -0.2) is 0 Å². The Balaban J connectivity index is 1.65. The minimum Gasteiger partial charge on any atom is -0.389 e. The van der Waals surface area contributed by atoms with Gasteiger partial charge in [-0.1, -0.05) is 20.8 Å². The minimum atomic E-state index is -0.356. The van der Waals surface area contributed by atoms with Crippen LogP contribution in [-0.2, 0) is 4.74 Å². The van der Waals surface area contributed by atoms with Gasteiger partial charge < -0.3 is 15.2 Å². The van der Waals surface area contributed by atoms with Crippen LogP contribution in [0, 0.1) is 11.3 Å². The predicted octanol–water partition coefficient (Wildman–Crippen LogP) is 2.33. The number of ether oxygens (including phenoxy) is 1. The zero-order chi connectivity index (χ0) is 13.2.